The first-order valence-electron chi connectivity index (χ1n) is 9.08. The Labute approximate surface area is 165 Å². The number of benzene rings is 2. The molecule has 2 aromatic rings. The van der Waals surface area contributed by atoms with Gasteiger partial charge in [-0.1, -0.05) is 24.3 Å². The van der Waals surface area contributed by atoms with Crippen molar-refractivity contribution in [2.45, 2.75) is 13.0 Å². The molecule has 27 heavy (non-hydrogen) atoms. The molecule has 1 N–H and O–H groups in total. The second-order valence-corrected chi connectivity index (χ2v) is 7.67. The quantitative estimate of drug-likeness (QED) is 0.790. The molecule has 1 heterocycles. The van der Waals surface area contributed by atoms with E-state index in [0.29, 0.717) is 11.5 Å². The Kier molecular flexibility index (Phi) is 7.01. The van der Waals surface area contributed by atoms with Crippen LogP contribution in [0.1, 0.15) is 11.1 Å². The van der Waals surface area contributed by atoms with Crippen molar-refractivity contribution in [3.63, 3.8) is 0 Å². The first-order chi connectivity index (χ1) is 13.2. The zero-order valence-corrected chi connectivity index (χ0v) is 16.7. The van der Waals surface area contributed by atoms with Gasteiger partial charge in [0.25, 0.3) is 0 Å². The number of para-hydroxylation sites is 1. The standard InChI is InChI=1S/C21H26N2O3S/c1-25-18-8-7-16(20(14-18)26-2)13-21(24)22-19-6-4-3-5-17(19)15-23-9-11-27-12-10-23/h3-8,14H,9-13,15H2,1-2H3,(H,22,24). The van der Waals surface area contributed by atoms with Gasteiger partial charge in [0.1, 0.15) is 11.5 Å². The number of methoxy groups -OCH3 is 2. The average Bonchev–Trinajstić information content (AvgIpc) is 2.70. The molecular formula is C21H26N2O3S. The predicted octanol–water partition coefficient (Wildman–Crippen LogP) is 3.43. The van der Waals surface area contributed by atoms with Crippen molar-refractivity contribution in [3.8, 4) is 11.5 Å². The third-order valence-corrected chi connectivity index (χ3v) is 5.58. The zero-order chi connectivity index (χ0) is 19.1. The van der Waals surface area contributed by atoms with Crippen molar-refractivity contribution in [3.05, 3.63) is 53.6 Å². The van der Waals surface area contributed by atoms with E-state index in [1.165, 1.54) is 11.5 Å². The second-order valence-electron chi connectivity index (χ2n) is 6.45. The second kappa shape index (κ2) is 9.67. The Morgan fingerprint density at radius 1 is 1.07 bits per heavy atom. The number of nitrogens with zero attached hydrogens (tertiary/aromatic N) is 1. The van der Waals surface area contributed by atoms with E-state index in [2.05, 4.69) is 16.3 Å². The predicted molar refractivity (Wildman–Crippen MR) is 111 cm³/mol. The molecule has 0 radical (unpaired) electrons. The van der Waals surface area contributed by atoms with Crippen LogP contribution < -0.4 is 14.8 Å². The van der Waals surface area contributed by atoms with Crippen LogP contribution in [0, 0.1) is 0 Å². The van der Waals surface area contributed by atoms with Gasteiger partial charge in [-0.05, 0) is 17.7 Å². The molecule has 2 aromatic carbocycles. The molecule has 3 rings (SSSR count). The van der Waals surface area contributed by atoms with E-state index in [1.807, 2.05) is 42.1 Å². The molecule has 144 valence electrons. The minimum absolute atomic E-state index is 0.0554. The van der Waals surface area contributed by atoms with Crippen LogP contribution in [0.4, 0.5) is 5.69 Å². The lowest BCUT2D eigenvalue weighted by Crippen LogP contribution is -2.32. The van der Waals surface area contributed by atoms with Gasteiger partial charge in [-0.15, -0.1) is 0 Å². The molecule has 1 amide bonds. The molecule has 1 fully saturated rings. The van der Waals surface area contributed by atoms with E-state index in [4.69, 9.17) is 9.47 Å². The average molecular weight is 387 g/mol. The summed E-state index contributed by atoms with van der Waals surface area (Å²) in [5.74, 6) is 3.65. The van der Waals surface area contributed by atoms with Crippen LogP contribution in [-0.2, 0) is 17.8 Å². The fourth-order valence-corrected chi connectivity index (χ4v) is 4.12. The monoisotopic (exact) mass is 386 g/mol. The minimum atomic E-state index is -0.0554. The Morgan fingerprint density at radius 2 is 1.85 bits per heavy atom. The highest BCUT2D eigenvalue weighted by molar-refractivity contribution is 7.99. The molecule has 0 spiro atoms. The number of carbonyl (C=O) groups is 1. The van der Waals surface area contributed by atoms with E-state index in [-0.39, 0.29) is 12.3 Å². The number of hydrogen-bond acceptors (Lipinski definition) is 5. The fourth-order valence-electron chi connectivity index (χ4n) is 3.15. The van der Waals surface area contributed by atoms with Crippen molar-refractivity contribution in [2.75, 3.05) is 44.1 Å². The van der Waals surface area contributed by atoms with E-state index in [0.717, 1.165) is 36.4 Å². The lowest BCUT2D eigenvalue weighted by molar-refractivity contribution is -0.115. The SMILES string of the molecule is COc1ccc(CC(=O)Nc2ccccc2CN2CCSCC2)c(OC)c1. The highest BCUT2D eigenvalue weighted by Crippen LogP contribution is 2.26. The number of nitrogens with one attached hydrogen (secondary N) is 1. The van der Waals surface area contributed by atoms with Crippen molar-refractivity contribution in [1.82, 2.24) is 4.90 Å². The highest BCUT2D eigenvalue weighted by Gasteiger charge is 2.15. The number of amides is 1. The smallest absolute Gasteiger partial charge is 0.228 e. The summed E-state index contributed by atoms with van der Waals surface area (Å²) >= 11 is 2.00. The van der Waals surface area contributed by atoms with Gasteiger partial charge < -0.3 is 14.8 Å². The van der Waals surface area contributed by atoms with Crippen molar-refractivity contribution in [2.24, 2.45) is 0 Å². The zero-order valence-electron chi connectivity index (χ0n) is 15.9. The summed E-state index contributed by atoms with van der Waals surface area (Å²) in [4.78, 5) is 15.1. The largest absolute Gasteiger partial charge is 0.497 e. The summed E-state index contributed by atoms with van der Waals surface area (Å²) in [6.45, 7) is 3.05. The summed E-state index contributed by atoms with van der Waals surface area (Å²) < 4.78 is 10.6. The highest BCUT2D eigenvalue weighted by atomic mass is 32.2. The number of hydrogen-bond donors (Lipinski definition) is 1. The van der Waals surface area contributed by atoms with Gasteiger partial charge in [0.05, 0.1) is 20.6 Å². The molecule has 0 unspecified atom stereocenters. The van der Waals surface area contributed by atoms with Gasteiger partial charge in [-0.25, -0.2) is 0 Å². The van der Waals surface area contributed by atoms with Crippen LogP contribution in [0.2, 0.25) is 0 Å². The molecule has 0 bridgehead atoms. The number of ether oxygens (including phenoxy) is 2. The van der Waals surface area contributed by atoms with Crippen LogP contribution in [0.25, 0.3) is 0 Å². The Hall–Kier alpha value is -2.18. The van der Waals surface area contributed by atoms with Crippen LogP contribution >= 0.6 is 11.8 Å². The summed E-state index contributed by atoms with van der Waals surface area (Å²) in [5.41, 5.74) is 2.87. The Morgan fingerprint density at radius 3 is 2.59 bits per heavy atom. The third kappa shape index (κ3) is 5.40. The van der Waals surface area contributed by atoms with Gasteiger partial charge in [0.15, 0.2) is 0 Å². The summed E-state index contributed by atoms with van der Waals surface area (Å²) in [5, 5.41) is 3.07. The lowest BCUT2D eigenvalue weighted by atomic mass is 10.1. The van der Waals surface area contributed by atoms with Gasteiger partial charge in [-0.2, -0.15) is 11.8 Å². The van der Waals surface area contributed by atoms with Crippen LogP contribution in [0.5, 0.6) is 11.5 Å². The molecule has 1 saturated heterocycles. The Balaban J connectivity index is 1.67. The molecule has 1 aliphatic rings. The van der Waals surface area contributed by atoms with Gasteiger partial charge in [-0.3, -0.25) is 9.69 Å². The number of rotatable bonds is 7. The summed E-state index contributed by atoms with van der Waals surface area (Å²) in [6.07, 6.45) is 0.252. The fraction of sp³-hybridized carbons (Fsp3) is 0.381. The molecule has 5 nitrogen and oxygen atoms in total. The maximum Gasteiger partial charge on any atom is 0.228 e. The Bertz CT molecular complexity index is 776. The van der Waals surface area contributed by atoms with E-state index >= 15 is 0 Å². The molecule has 0 atom stereocenters. The third-order valence-electron chi connectivity index (χ3n) is 4.63. The number of thioether (sulfide) groups is 1. The van der Waals surface area contributed by atoms with E-state index in [9.17, 15) is 4.79 Å². The van der Waals surface area contributed by atoms with E-state index in [1.54, 1.807) is 20.3 Å². The molecule has 0 aromatic heterocycles. The van der Waals surface area contributed by atoms with Crippen molar-refractivity contribution in [1.29, 1.82) is 0 Å². The molecule has 0 aliphatic carbocycles. The maximum atomic E-state index is 12.6. The minimum Gasteiger partial charge on any atom is -0.497 e. The number of carbonyl (C=O) groups excluding carboxylic acids is 1. The topological polar surface area (TPSA) is 50.8 Å². The first kappa shape index (κ1) is 19.6. The van der Waals surface area contributed by atoms with Gasteiger partial charge in [0, 0.05) is 48.5 Å². The molecular weight excluding hydrogens is 360 g/mol. The molecule has 6 heteroatoms. The van der Waals surface area contributed by atoms with Gasteiger partial charge >= 0.3 is 0 Å². The van der Waals surface area contributed by atoms with Crippen molar-refractivity contribution < 1.29 is 14.3 Å². The maximum absolute atomic E-state index is 12.6. The van der Waals surface area contributed by atoms with E-state index < -0.39 is 0 Å². The number of anilines is 1. The van der Waals surface area contributed by atoms with Crippen LogP contribution in [0.3, 0.4) is 0 Å². The summed E-state index contributed by atoms with van der Waals surface area (Å²) in [7, 11) is 3.21. The van der Waals surface area contributed by atoms with Crippen LogP contribution in [-0.4, -0.2) is 49.6 Å². The molecule has 0 saturated carbocycles. The lowest BCUT2D eigenvalue weighted by Gasteiger charge is -2.27. The van der Waals surface area contributed by atoms with Gasteiger partial charge in [0.2, 0.25) is 5.91 Å². The normalized spacial score (nSPS) is 14.6. The summed E-state index contributed by atoms with van der Waals surface area (Å²) in [6, 6.07) is 13.5. The van der Waals surface area contributed by atoms with Crippen molar-refractivity contribution >= 4 is 23.4 Å². The van der Waals surface area contributed by atoms with Crippen LogP contribution in [0.15, 0.2) is 42.5 Å². The first-order valence-corrected chi connectivity index (χ1v) is 10.2. The molecule has 1 aliphatic heterocycles.